The molecule has 0 spiro atoms. The lowest BCUT2D eigenvalue weighted by atomic mass is 10.0. The van der Waals surface area contributed by atoms with Crippen molar-refractivity contribution in [2.75, 3.05) is 5.32 Å². The van der Waals surface area contributed by atoms with E-state index in [0.717, 1.165) is 11.3 Å². The molecule has 24 heavy (non-hydrogen) atoms. The molecule has 1 atom stereocenters. The summed E-state index contributed by atoms with van der Waals surface area (Å²) in [7, 11) is 0. The van der Waals surface area contributed by atoms with Crippen molar-refractivity contribution in [2.24, 2.45) is 11.0 Å². The van der Waals surface area contributed by atoms with Crippen molar-refractivity contribution in [3.63, 3.8) is 0 Å². The van der Waals surface area contributed by atoms with Crippen LogP contribution in [-0.4, -0.2) is 29.5 Å². The van der Waals surface area contributed by atoms with Gasteiger partial charge in [0.1, 0.15) is 6.04 Å². The summed E-state index contributed by atoms with van der Waals surface area (Å²) >= 11 is 0. The fourth-order valence-corrected chi connectivity index (χ4v) is 2.40. The van der Waals surface area contributed by atoms with Gasteiger partial charge in [-0.25, -0.2) is 5.43 Å². The number of nitrogens with zero attached hydrogens (tertiary/aromatic N) is 1. The van der Waals surface area contributed by atoms with E-state index in [0.29, 0.717) is 18.5 Å². The van der Waals surface area contributed by atoms with Crippen LogP contribution in [0.25, 0.3) is 0 Å². The molecule has 0 radical (unpaired) electrons. The van der Waals surface area contributed by atoms with Crippen LogP contribution < -0.4 is 16.1 Å². The molecular formula is C17H22N4O3. The van der Waals surface area contributed by atoms with Crippen LogP contribution in [0.1, 0.15) is 39.2 Å². The zero-order valence-corrected chi connectivity index (χ0v) is 14.1. The van der Waals surface area contributed by atoms with Gasteiger partial charge in [0.25, 0.3) is 0 Å². The predicted octanol–water partition coefficient (Wildman–Crippen LogP) is 1.40. The Balaban J connectivity index is 2.04. The normalized spacial score (nSPS) is 15.3. The smallest absolute Gasteiger partial charge is 0.247 e. The van der Waals surface area contributed by atoms with Crippen molar-refractivity contribution < 1.29 is 14.4 Å². The highest BCUT2D eigenvalue weighted by atomic mass is 16.2. The molecule has 0 saturated heterocycles. The van der Waals surface area contributed by atoms with E-state index in [4.69, 9.17) is 0 Å². The molecule has 3 amide bonds. The molecule has 7 heteroatoms. The van der Waals surface area contributed by atoms with Gasteiger partial charge in [0.2, 0.25) is 17.7 Å². The van der Waals surface area contributed by atoms with Crippen molar-refractivity contribution >= 4 is 29.1 Å². The fraction of sp³-hybridized carbons (Fsp3) is 0.412. The standard InChI is InChI=1S/C17H22N4O3/c1-10(2)16(18-11(3)22)17(24)19-13-6-4-12(5-7-13)14-8-9-15(23)21-20-14/h4-7,10,16H,8-9H2,1-3H3,(H,18,22)(H,19,24)(H,21,23). The highest BCUT2D eigenvalue weighted by Crippen LogP contribution is 2.15. The molecule has 1 heterocycles. The van der Waals surface area contributed by atoms with Gasteiger partial charge in [0.05, 0.1) is 5.71 Å². The van der Waals surface area contributed by atoms with Gasteiger partial charge >= 0.3 is 0 Å². The molecule has 7 nitrogen and oxygen atoms in total. The SMILES string of the molecule is CC(=O)NC(C(=O)Nc1ccc(C2=NNC(=O)CC2)cc1)C(C)C. The second kappa shape index (κ2) is 7.72. The van der Waals surface area contributed by atoms with E-state index in [1.165, 1.54) is 6.92 Å². The molecule has 0 aromatic heterocycles. The number of carbonyl (C=O) groups is 3. The van der Waals surface area contributed by atoms with Gasteiger partial charge in [0.15, 0.2) is 0 Å². The van der Waals surface area contributed by atoms with Gasteiger partial charge in [-0.1, -0.05) is 26.0 Å². The van der Waals surface area contributed by atoms with Gasteiger partial charge in [-0.2, -0.15) is 5.10 Å². The zero-order chi connectivity index (χ0) is 17.7. The van der Waals surface area contributed by atoms with Crippen molar-refractivity contribution in [2.45, 2.75) is 39.7 Å². The summed E-state index contributed by atoms with van der Waals surface area (Å²) in [5.41, 5.74) is 4.81. The van der Waals surface area contributed by atoms with Crippen LogP contribution in [0.15, 0.2) is 29.4 Å². The minimum absolute atomic E-state index is 0.0200. The van der Waals surface area contributed by atoms with Gasteiger partial charge in [-0.15, -0.1) is 0 Å². The number of amides is 3. The molecule has 1 aliphatic heterocycles. The van der Waals surface area contributed by atoms with E-state index >= 15 is 0 Å². The Labute approximate surface area is 140 Å². The molecule has 128 valence electrons. The van der Waals surface area contributed by atoms with Crippen molar-refractivity contribution in [3.05, 3.63) is 29.8 Å². The lowest BCUT2D eigenvalue weighted by molar-refractivity contribution is -0.126. The Morgan fingerprint density at radius 3 is 2.33 bits per heavy atom. The molecule has 1 unspecified atom stereocenters. The first kappa shape index (κ1) is 17.7. The maximum absolute atomic E-state index is 12.3. The molecule has 3 N–H and O–H groups in total. The second-order valence-electron chi connectivity index (χ2n) is 6.08. The Bertz CT molecular complexity index is 665. The highest BCUT2D eigenvalue weighted by molar-refractivity contribution is 6.04. The number of rotatable bonds is 5. The molecule has 0 aliphatic carbocycles. The first-order chi connectivity index (χ1) is 11.4. The number of anilines is 1. The molecule has 0 bridgehead atoms. The van der Waals surface area contributed by atoms with Crippen LogP contribution in [0.3, 0.4) is 0 Å². The highest BCUT2D eigenvalue weighted by Gasteiger charge is 2.23. The number of hydrazone groups is 1. The lowest BCUT2D eigenvalue weighted by Crippen LogP contribution is -2.46. The Hall–Kier alpha value is -2.70. The van der Waals surface area contributed by atoms with E-state index in [2.05, 4.69) is 21.2 Å². The fourth-order valence-electron chi connectivity index (χ4n) is 2.40. The summed E-state index contributed by atoms with van der Waals surface area (Å²) in [4.78, 5) is 34.7. The number of carbonyl (C=O) groups excluding carboxylic acids is 3. The second-order valence-corrected chi connectivity index (χ2v) is 6.08. The van der Waals surface area contributed by atoms with Crippen LogP contribution in [0.4, 0.5) is 5.69 Å². The summed E-state index contributed by atoms with van der Waals surface area (Å²) in [6.07, 6.45) is 1.01. The molecular weight excluding hydrogens is 308 g/mol. The topological polar surface area (TPSA) is 99.7 Å². The Morgan fingerprint density at radius 2 is 1.83 bits per heavy atom. The Morgan fingerprint density at radius 1 is 1.17 bits per heavy atom. The van der Waals surface area contributed by atoms with Gasteiger partial charge < -0.3 is 10.6 Å². The van der Waals surface area contributed by atoms with Gasteiger partial charge in [-0.05, 0) is 23.6 Å². The van der Waals surface area contributed by atoms with Crippen molar-refractivity contribution in [1.29, 1.82) is 0 Å². The summed E-state index contributed by atoms with van der Waals surface area (Å²) in [6.45, 7) is 5.14. The lowest BCUT2D eigenvalue weighted by Gasteiger charge is -2.21. The van der Waals surface area contributed by atoms with Crippen LogP contribution in [0.5, 0.6) is 0 Å². The third kappa shape index (κ3) is 4.65. The average Bonchev–Trinajstić information content (AvgIpc) is 2.53. The average molecular weight is 330 g/mol. The van der Waals surface area contributed by atoms with Crippen molar-refractivity contribution in [3.8, 4) is 0 Å². The molecule has 0 saturated carbocycles. The molecule has 1 aliphatic rings. The van der Waals surface area contributed by atoms with E-state index < -0.39 is 6.04 Å². The maximum atomic E-state index is 12.3. The van der Waals surface area contributed by atoms with Gasteiger partial charge in [0, 0.05) is 25.5 Å². The summed E-state index contributed by atoms with van der Waals surface area (Å²) in [5, 5.41) is 9.50. The molecule has 1 aromatic rings. The van der Waals surface area contributed by atoms with E-state index in [1.807, 2.05) is 26.0 Å². The van der Waals surface area contributed by atoms with E-state index in [1.54, 1.807) is 12.1 Å². The number of hydrogen-bond donors (Lipinski definition) is 3. The predicted molar refractivity (Wildman–Crippen MR) is 91.4 cm³/mol. The quantitative estimate of drug-likeness (QED) is 0.761. The molecule has 1 aromatic carbocycles. The minimum Gasteiger partial charge on any atom is -0.344 e. The first-order valence-electron chi connectivity index (χ1n) is 7.90. The minimum atomic E-state index is -0.583. The summed E-state index contributed by atoms with van der Waals surface area (Å²) < 4.78 is 0. The summed E-state index contributed by atoms with van der Waals surface area (Å²) in [6, 6.07) is 6.65. The Kier molecular flexibility index (Phi) is 5.68. The first-order valence-corrected chi connectivity index (χ1v) is 7.90. The molecule has 0 fully saturated rings. The number of hydrogen-bond acceptors (Lipinski definition) is 4. The maximum Gasteiger partial charge on any atom is 0.247 e. The summed E-state index contributed by atoms with van der Waals surface area (Å²) in [5.74, 6) is -0.597. The number of nitrogens with one attached hydrogen (secondary N) is 3. The largest absolute Gasteiger partial charge is 0.344 e. The third-order valence-electron chi connectivity index (χ3n) is 3.70. The van der Waals surface area contributed by atoms with Crippen LogP contribution in [-0.2, 0) is 14.4 Å². The van der Waals surface area contributed by atoms with E-state index in [-0.39, 0.29) is 23.6 Å². The molecule has 2 rings (SSSR count). The van der Waals surface area contributed by atoms with E-state index in [9.17, 15) is 14.4 Å². The monoisotopic (exact) mass is 330 g/mol. The third-order valence-corrected chi connectivity index (χ3v) is 3.70. The van der Waals surface area contributed by atoms with Crippen LogP contribution >= 0.6 is 0 Å². The van der Waals surface area contributed by atoms with Gasteiger partial charge in [-0.3, -0.25) is 14.4 Å². The van der Waals surface area contributed by atoms with Crippen LogP contribution in [0.2, 0.25) is 0 Å². The number of benzene rings is 1. The zero-order valence-electron chi connectivity index (χ0n) is 14.1. The van der Waals surface area contributed by atoms with Crippen molar-refractivity contribution in [1.82, 2.24) is 10.7 Å². The van der Waals surface area contributed by atoms with Crippen LogP contribution in [0, 0.1) is 5.92 Å².